The summed E-state index contributed by atoms with van der Waals surface area (Å²) < 4.78 is 4.60. The molecule has 0 fully saturated rings. The molecule has 0 radical (unpaired) electrons. The van der Waals surface area contributed by atoms with E-state index < -0.39 is 12.1 Å². The van der Waals surface area contributed by atoms with Crippen molar-refractivity contribution in [2.75, 3.05) is 13.2 Å². The predicted molar refractivity (Wildman–Crippen MR) is 34.8 cm³/mol. The Morgan fingerprint density at radius 3 is 2.70 bits per heavy atom. The van der Waals surface area contributed by atoms with Gasteiger partial charge in [0.15, 0.2) is 0 Å². The molecule has 0 amide bonds. The topological polar surface area (TPSA) is 66.8 Å². The van der Waals surface area contributed by atoms with Gasteiger partial charge in [-0.1, -0.05) is 6.92 Å². The molecular weight excluding hydrogens is 136 g/mol. The molecule has 0 saturated heterocycles. The number of aliphatic hydroxyl groups excluding tert-OH is 1. The third-order valence-electron chi connectivity index (χ3n) is 1.01. The fraction of sp³-hybridized carbons (Fsp3) is 0.833. The van der Waals surface area contributed by atoms with Crippen LogP contribution >= 0.6 is 0 Å². The summed E-state index contributed by atoms with van der Waals surface area (Å²) in [5.74, 6) is -1.01. The number of carboxylic acids is 1. The number of aliphatic carboxylic acids is 1. The van der Waals surface area contributed by atoms with Crippen molar-refractivity contribution < 1.29 is 19.7 Å². The number of carbonyl (C=O) groups is 1. The van der Waals surface area contributed by atoms with Crippen molar-refractivity contribution in [3.8, 4) is 0 Å². The molecule has 0 spiro atoms. The van der Waals surface area contributed by atoms with E-state index in [-0.39, 0.29) is 13.2 Å². The first kappa shape index (κ1) is 9.39. The van der Waals surface area contributed by atoms with E-state index in [2.05, 4.69) is 4.74 Å². The lowest BCUT2D eigenvalue weighted by Gasteiger charge is -2.05. The monoisotopic (exact) mass is 148 g/mol. The van der Waals surface area contributed by atoms with Crippen molar-refractivity contribution in [1.82, 2.24) is 0 Å². The van der Waals surface area contributed by atoms with Crippen LogP contribution in [-0.2, 0) is 9.53 Å². The van der Waals surface area contributed by atoms with Crippen molar-refractivity contribution in [2.24, 2.45) is 0 Å². The molecule has 10 heavy (non-hydrogen) atoms. The molecule has 0 aromatic heterocycles. The lowest BCUT2D eigenvalue weighted by atomic mass is 10.3. The van der Waals surface area contributed by atoms with Crippen LogP contribution in [0.2, 0.25) is 0 Å². The zero-order valence-electron chi connectivity index (χ0n) is 5.91. The first-order valence-electron chi connectivity index (χ1n) is 3.14. The van der Waals surface area contributed by atoms with E-state index in [4.69, 9.17) is 10.2 Å². The summed E-state index contributed by atoms with van der Waals surface area (Å²) in [7, 11) is 0. The normalized spacial score (nSPS) is 13.0. The summed E-state index contributed by atoms with van der Waals surface area (Å²) in [5.41, 5.74) is 0. The Hall–Kier alpha value is -0.610. The van der Waals surface area contributed by atoms with Gasteiger partial charge in [-0.05, 0) is 6.42 Å². The van der Waals surface area contributed by atoms with Crippen LogP contribution in [0.1, 0.15) is 13.3 Å². The molecule has 60 valence electrons. The Labute approximate surface area is 59.4 Å². The van der Waals surface area contributed by atoms with Gasteiger partial charge in [-0.25, -0.2) is 4.79 Å². The van der Waals surface area contributed by atoms with E-state index in [0.29, 0.717) is 6.42 Å². The zero-order valence-corrected chi connectivity index (χ0v) is 5.91. The van der Waals surface area contributed by atoms with Crippen molar-refractivity contribution in [1.29, 1.82) is 0 Å². The van der Waals surface area contributed by atoms with Gasteiger partial charge in [0.25, 0.3) is 0 Å². The Balaban J connectivity index is 3.11. The average molecular weight is 148 g/mol. The number of ether oxygens (including phenoxy) is 1. The van der Waals surface area contributed by atoms with Crippen molar-refractivity contribution in [2.45, 2.75) is 19.4 Å². The standard InChI is InChI=1S/C6H12O4/c1-2-5(7)3-10-4-6(8)9/h5,7H,2-4H2,1H3,(H,8,9). The molecule has 0 saturated carbocycles. The van der Waals surface area contributed by atoms with Gasteiger partial charge < -0.3 is 14.9 Å². The minimum atomic E-state index is -1.01. The molecule has 2 N–H and O–H groups in total. The van der Waals surface area contributed by atoms with Gasteiger partial charge in [0.2, 0.25) is 0 Å². The second-order valence-electron chi connectivity index (χ2n) is 1.97. The van der Waals surface area contributed by atoms with Gasteiger partial charge in [-0.2, -0.15) is 0 Å². The Kier molecular flexibility index (Phi) is 4.88. The summed E-state index contributed by atoms with van der Waals surface area (Å²) in [5, 5.41) is 16.9. The van der Waals surface area contributed by atoms with E-state index in [1.165, 1.54) is 0 Å². The highest BCUT2D eigenvalue weighted by molar-refractivity contribution is 5.67. The summed E-state index contributed by atoms with van der Waals surface area (Å²) in [6.07, 6.45) is 0.0407. The number of carboxylic acid groups (broad SMARTS) is 1. The summed E-state index contributed by atoms with van der Waals surface area (Å²) >= 11 is 0. The highest BCUT2D eigenvalue weighted by atomic mass is 16.5. The fourth-order valence-electron chi connectivity index (χ4n) is 0.400. The molecular formula is C6H12O4. The molecule has 0 heterocycles. The SMILES string of the molecule is CCC(O)COCC(=O)O. The van der Waals surface area contributed by atoms with Gasteiger partial charge >= 0.3 is 5.97 Å². The molecule has 4 nitrogen and oxygen atoms in total. The first-order valence-corrected chi connectivity index (χ1v) is 3.14. The lowest BCUT2D eigenvalue weighted by Crippen LogP contribution is -2.17. The molecule has 0 bridgehead atoms. The van der Waals surface area contributed by atoms with E-state index in [1.54, 1.807) is 6.92 Å². The Morgan fingerprint density at radius 2 is 2.30 bits per heavy atom. The van der Waals surface area contributed by atoms with Gasteiger partial charge in [0, 0.05) is 0 Å². The quantitative estimate of drug-likeness (QED) is 0.569. The summed E-state index contributed by atoms with van der Waals surface area (Å²) in [6.45, 7) is 1.56. The van der Waals surface area contributed by atoms with Crippen LogP contribution in [0.4, 0.5) is 0 Å². The minimum Gasteiger partial charge on any atom is -0.480 e. The second kappa shape index (κ2) is 5.20. The molecule has 1 unspecified atom stereocenters. The van der Waals surface area contributed by atoms with E-state index >= 15 is 0 Å². The van der Waals surface area contributed by atoms with Gasteiger partial charge in [-0.15, -0.1) is 0 Å². The molecule has 0 aliphatic carbocycles. The maximum Gasteiger partial charge on any atom is 0.329 e. The van der Waals surface area contributed by atoms with Crippen LogP contribution in [-0.4, -0.2) is 35.5 Å². The molecule has 1 atom stereocenters. The zero-order chi connectivity index (χ0) is 7.98. The van der Waals surface area contributed by atoms with Crippen molar-refractivity contribution in [3.63, 3.8) is 0 Å². The first-order chi connectivity index (χ1) is 4.66. The van der Waals surface area contributed by atoms with Crippen LogP contribution in [0.3, 0.4) is 0 Å². The van der Waals surface area contributed by atoms with Crippen LogP contribution in [0.25, 0.3) is 0 Å². The maximum absolute atomic E-state index is 9.86. The third kappa shape index (κ3) is 5.53. The largest absolute Gasteiger partial charge is 0.480 e. The van der Waals surface area contributed by atoms with Crippen LogP contribution < -0.4 is 0 Å². The molecule has 0 aromatic carbocycles. The van der Waals surface area contributed by atoms with Gasteiger partial charge in [-0.3, -0.25) is 0 Å². The van der Waals surface area contributed by atoms with E-state index in [1.807, 2.05) is 0 Å². The number of hydrogen-bond donors (Lipinski definition) is 2. The van der Waals surface area contributed by atoms with E-state index in [0.717, 1.165) is 0 Å². The molecule has 0 aliphatic heterocycles. The summed E-state index contributed by atoms with van der Waals surface area (Å²) in [4.78, 5) is 9.86. The second-order valence-corrected chi connectivity index (χ2v) is 1.97. The van der Waals surface area contributed by atoms with E-state index in [9.17, 15) is 4.79 Å². The Bertz CT molecular complexity index is 102. The number of aliphatic hydroxyl groups is 1. The van der Waals surface area contributed by atoms with Crippen LogP contribution in [0.15, 0.2) is 0 Å². The average Bonchev–Trinajstić information content (AvgIpc) is 1.87. The number of rotatable bonds is 5. The third-order valence-corrected chi connectivity index (χ3v) is 1.01. The molecule has 0 aromatic rings. The van der Waals surface area contributed by atoms with Crippen LogP contribution in [0, 0.1) is 0 Å². The number of hydrogen-bond acceptors (Lipinski definition) is 3. The van der Waals surface area contributed by atoms with Crippen molar-refractivity contribution in [3.05, 3.63) is 0 Å². The summed E-state index contributed by atoms with van der Waals surface area (Å²) in [6, 6.07) is 0. The highest BCUT2D eigenvalue weighted by Gasteiger charge is 2.01. The molecule has 0 rings (SSSR count). The van der Waals surface area contributed by atoms with Gasteiger partial charge in [0.05, 0.1) is 12.7 Å². The minimum absolute atomic E-state index is 0.100. The predicted octanol–water partition coefficient (Wildman–Crippen LogP) is -0.142. The lowest BCUT2D eigenvalue weighted by molar-refractivity contribution is -0.143. The fourth-order valence-corrected chi connectivity index (χ4v) is 0.400. The van der Waals surface area contributed by atoms with Gasteiger partial charge in [0.1, 0.15) is 6.61 Å². The Morgan fingerprint density at radius 1 is 1.70 bits per heavy atom. The smallest absolute Gasteiger partial charge is 0.329 e. The van der Waals surface area contributed by atoms with Crippen molar-refractivity contribution >= 4 is 5.97 Å². The van der Waals surface area contributed by atoms with Crippen LogP contribution in [0.5, 0.6) is 0 Å². The molecule has 4 heteroatoms. The maximum atomic E-state index is 9.86. The molecule has 0 aliphatic rings. The highest BCUT2D eigenvalue weighted by Crippen LogP contribution is 1.89.